The van der Waals surface area contributed by atoms with Crippen molar-refractivity contribution in [2.45, 2.75) is 57.0 Å². The molecule has 0 radical (unpaired) electrons. The van der Waals surface area contributed by atoms with Crippen LogP contribution >= 0.6 is 0 Å². The quantitative estimate of drug-likeness (QED) is 0.432. The van der Waals surface area contributed by atoms with Crippen LogP contribution in [-0.4, -0.2) is 64.2 Å². The number of aromatic amines is 1. The summed E-state index contributed by atoms with van der Waals surface area (Å²) in [6, 6.07) is 13.0. The van der Waals surface area contributed by atoms with Crippen LogP contribution in [0.25, 0.3) is 10.9 Å². The maximum absolute atomic E-state index is 13.8. The molecule has 8 nitrogen and oxygen atoms in total. The lowest BCUT2D eigenvalue weighted by molar-refractivity contribution is -0.158. The number of H-pyrrole nitrogens is 1. The van der Waals surface area contributed by atoms with Crippen molar-refractivity contribution in [3.05, 3.63) is 59.3 Å². The summed E-state index contributed by atoms with van der Waals surface area (Å²) in [6.07, 6.45) is 6.45. The monoisotopic (exact) mass is 503 g/mol. The molecule has 6 rings (SSSR count). The molecule has 3 aliphatic rings. The minimum absolute atomic E-state index is 0.0282. The third-order valence-corrected chi connectivity index (χ3v) is 7.89. The van der Waals surface area contributed by atoms with Crippen LogP contribution < -0.4 is 9.47 Å². The Hall–Kier alpha value is -3.52. The first kappa shape index (κ1) is 23.9. The molecule has 1 saturated heterocycles. The van der Waals surface area contributed by atoms with Crippen molar-refractivity contribution in [3.63, 3.8) is 0 Å². The number of piperazine rings is 1. The molecule has 3 aliphatic heterocycles. The van der Waals surface area contributed by atoms with Crippen molar-refractivity contribution in [2.75, 3.05) is 26.5 Å². The highest BCUT2D eigenvalue weighted by Gasteiger charge is 2.48. The Morgan fingerprint density at radius 1 is 0.946 bits per heavy atom. The smallest absolute Gasteiger partial charge is 0.246 e. The molecule has 1 aromatic heterocycles. The SMILES string of the molecule is O=C1[C@H]2Cc3c([nH]c4ccccc34)[C@@H](c3ccc4c(c3)OCO4)N2C(=O)CN1CCCCCCCCO. The Morgan fingerprint density at radius 2 is 1.73 bits per heavy atom. The molecule has 37 heavy (non-hydrogen) atoms. The molecule has 0 unspecified atom stereocenters. The van der Waals surface area contributed by atoms with Gasteiger partial charge in [0, 0.05) is 36.2 Å². The first-order chi connectivity index (χ1) is 18.2. The number of aromatic nitrogens is 1. The standard InChI is InChI=1S/C29H33N3O5/c33-14-8-4-2-1-3-7-13-31-17-26(34)32-23(29(31)35)16-21-20-9-5-6-10-22(20)30-27(21)28(32)19-11-12-24-25(15-19)37-18-36-24/h5-6,9-12,15,23,28,30,33H,1-4,7-8,13-14,16-18H2/t23-,28-/m1/s1. The zero-order chi connectivity index (χ0) is 25.4. The summed E-state index contributed by atoms with van der Waals surface area (Å²) in [5.41, 5.74) is 3.98. The van der Waals surface area contributed by atoms with Crippen LogP contribution in [0.3, 0.4) is 0 Å². The summed E-state index contributed by atoms with van der Waals surface area (Å²) in [4.78, 5) is 34.6. The number of carbonyl (C=O) groups is 2. The Labute approximate surface area is 216 Å². The number of ether oxygens (including phenoxy) is 2. The minimum Gasteiger partial charge on any atom is -0.454 e. The van der Waals surface area contributed by atoms with Crippen molar-refractivity contribution < 1.29 is 24.2 Å². The summed E-state index contributed by atoms with van der Waals surface area (Å²) in [5, 5.41) is 10.0. The number of benzene rings is 2. The Morgan fingerprint density at radius 3 is 2.59 bits per heavy atom. The lowest BCUT2D eigenvalue weighted by Gasteiger charge is -2.47. The van der Waals surface area contributed by atoms with E-state index in [4.69, 9.17) is 14.6 Å². The average Bonchev–Trinajstić information content (AvgIpc) is 3.53. The van der Waals surface area contributed by atoms with E-state index in [-0.39, 0.29) is 31.8 Å². The number of aliphatic hydroxyl groups is 1. The maximum Gasteiger partial charge on any atom is 0.246 e. The number of para-hydroxylation sites is 1. The van der Waals surface area contributed by atoms with Crippen LogP contribution in [0.4, 0.5) is 0 Å². The number of nitrogens with one attached hydrogen (secondary N) is 1. The second kappa shape index (κ2) is 10.1. The Kier molecular flexibility index (Phi) is 6.50. The van der Waals surface area contributed by atoms with E-state index in [1.165, 1.54) is 0 Å². The molecule has 8 heteroatoms. The van der Waals surface area contributed by atoms with Crippen molar-refractivity contribution in [2.24, 2.45) is 0 Å². The molecule has 0 spiro atoms. The highest BCUT2D eigenvalue weighted by atomic mass is 16.7. The fourth-order valence-electron chi connectivity index (χ4n) is 6.06. The number of nitrogens with zero attached hydrogens (tertiary/aromatic N) is 2. The molecule has 1 fully saturated rings. The number of rotatable bonds is 9. The topological polar surface area (TPSA) is 95.1 Å². The van der Waals surface area contributed by atoms with Crippen LogP contribution in [0.15, 0.2) is 42.5 Å². The second-order valence-corrected chi connectivity index (χ2v) is 10.2. The molecule has 0 saturated carbocycles. The number of aliphatic hydroxyl groups excluding tert-OH is 1. The van der Waals surface area contributed by atoms with E-state index in [2.05, 4.69) is 11.1 Å². The van der Waals surface area contributed by atoms with Gasteiger partial charge >= 0.3 is 0 Å². The molecule has 3 aromatic rings. The maximum atomic E-state index is 13.8. The summed E-state index contributed by atoms with van der Waals surface area (Å²) < 4.78 is 11.1. The predicted molar refractivity (Wildman–Crippen MR) is 138 cm³/mol. The van der Waals surface area contributed by atoms with E-state index in [1.807, 2.05) is 36.4 Å². The lowest BCUT2D eigenvalue weighted by atomic mass is 9.86. The number of hydrogen-bond acceptors (Lipinski definition) is 5. The Bertz CT molecular complexity index is 1320. The molecule has 2 atom stereocenters. The van der Waals surface area contributed by atoms with Crippen LogP contribution in [0.2, 0.25) is 0 Å². The fourth-order valence-corrected chi connectivity index (χ4v) is 6.06. The summed E-state index contributed by atoms with van der Waals surface area (Å²) in [6.45, 7) is 1.13. The second-order valence-electron chi connectivity index (χ2n) is 10.2. The molecule has 2 N–H and O–H groups in total. The van der Waals surface area contributed by atoms with E-state index >= 15 is 0 Å². The van der Waals surface area contributed by atoms with Gasteiger partial charge in [-0.15, -0.1) is 0 Å². The zero-order valence-electron chi connectivity index (χ0n) is 20.9. The van der Waals surface area contributed by atoms with Gasteiger partial charge in [-0.1, -0.05) is 49.9 Å². The number of hydrogen-bond donors (Lipinski definition) is 2. The van der Waals surface area contributed by atoms with Gasteiger partial charge in [0.05, 0.1) is 12.6 Å². The summed E-state index contributed by atoms with van der Waals surface area (Å²) >= 11 is 0. The van der Waals surface area contributed by atoms with E-state index in [1.54, 1.807) is 9.80 Å². The van der Waals surface area contributed by atoms with Crippen molar-refractivity contribution in [1.82, 2.24) is 14.8 Å². The predicted octanol–water partition coefficient (Wildman–Crippen LogP) is 3.91. The molecule has 2 amide bonds. The number of fused-ring (bicyclic) bond motifs is 5. The van der Waals surface area contributed by atoms with Crippen molar-refractivity contribution in [1.29, 1.82) is 0 Å². The van der Waals surface area contributed by atoms with Crippen molar-refractivity contribution >= 4 is 22.7 Å². The minimum atomic E-state index is -0.534. The van der Waals surface area contributed by atoms with Gasteiger partial charge < -0.3 is 29.4 Å². The van der Waals surface area contributed by atoms with Gasteiger partial charge in [-0.05, 0) is 42.2 Å². The third-order valence-electron chi connectivity index (χ3n) is 7.89. The lowest BCUT2D eigenvalue weighted by Crippen LogP contribution is -2.63. The molecular weight excluding hydrogens is 470 g/mol. The van der Waals surface area contributed by atoms with E-state index < -0.39 is 12.1 Å². The van der Waals surface area contributed by atoms with Gasteiger partial charge in [0.15, 0.2) is 11.5 Å². The Balaban J connectivity index is 1.29. The molecule has 0 bridgehead atoms. The number of amides is 2. The largest absolute Gasteiger partial charge is 0.454 e. The normalized spacial score (nSPS) is 20.5. The summed E-state index contributed by atoms with van der Waals surface area (Å²) in [7, 11) is 0. The number of carbonyl (C=O) groups excluding carboxylic acids is 2. The molecular formula is C29H33N3O5. The highest BCUT2D eigenvalue weighted by Crippen LogP contribution is 2.44. The van der Waals surface area contributed by atoms with Crippen molar-refractivity contribution in [3.8, 4) is 11.5 Å². The molecule has 194 valence electrons. The van der Waals surface area contributed by atoms with E-state index in [0.29, 0.717) is 24.5 Å². The average molecular weight is 504 g/mol. The van der Waals surface area contributed by atoms with Crippen LogP contribution in [0.1, 0.15) is 61.4 Å². The van der Waals surface area contributed by atoms with Gasteiger partial charge in [0.1, 0.15) is 6.04 Å². The molecule has 4 heterocycles. The van der Waals surface area contributed by atoms with E-state index in [9.17, 15) is 9.59 Å². The van der Waals surface area contributed by atoms with E-state index in [0.717, 1.165) is 66.2 Å². The molecule has 2 aromatic carbocycles. The van der Waals surface area contributed by atoms with Crippen LogP contribution in [0.5, 0.6) is 11.5 Å². The van der Waals surface area contributed by atoms with Gasteiger partial charge in [0.2, 0.25) is 18.6 Å². The first-order valence-electron chi connectivity index (χ1n) is 13.4. The first-order valence-corrected chi connectivity index (χ1v) is 13.4. The highest BCUT2D eigenvalue weighted by molar-refractivity contribution is 5.97. The van der Waals surface area contributed by atoms with Crippen LogP contribution in [-0.2, 0) is 16.0 Å². The molecule has 0 aliphatic carbocycles. The van der Waals surface area contributed by atoms with Gasteiger partial charge in [-0.2, -0.15) is 0 Å². The summed E-state index contributed by atoms with van der Waals surface area (Å²) in [5.74, 6) is 1.35. The fraction of sp³-hybridized carbons (Fsp3) is 0.448. The van der Waals surface area contributed by atoms with Crippen LogP contribution in [0, 0.1) is 0 Å². The van der Waals surface area contributed by atoms with Gasteiger partial charge in [-0.25, -0.2) is 0 Å². The third kappa shape index (κ3) is 4.33. The van der Waals surface area contributed by atoms with Gasteiger partial charge in [0.25, 0.3) is 0 Å². The zero-order valence-corrected chi connectivity index (χ0v) is 20.9. The van der Waals surface area contributed by atoms with Gasteiger partial charge in [-0.3, -0.25) is 9.59 Å². The number of unbranched alkanes of at least 4 members (excludes halogenated alkanes) is 5.